The van der Waals surface area contributed by atoms with E-state index >= 15 is 0 Å². The molecule has 142 valence electrons. The lowest BCUT2D eigenvalue weighted by Crippen LogP contribution is -2.28. The van der Waals surface area contributed by atoms with Crippen molar-refractivity contribution in [1.82, 2.24) is 20.0 Å². The molecule has 0 bridgehead atoms. The SMILES string of the molecule is O=C(Nc1ccc2c(c1)B(O)OC2)c1nnn(-c2cccnc2)c1C(F)(F)F. The van der Waals surface area contributed by atoms with Crippen LogP contribution in [0.15, 0.2) is 42.7 Å². The van der Waals surface area contributed by atoms with Gasteiger partial charge in [-0.15, -0.1) is 5.10 Å². The van der Waals surface area contributed by atoms with E-state index in [1.165, 1.54) is 36.7 Å². The van der Waals surface area contributed by atoms with Gasteiger partial charge in [0.25, 0.3) is 5.91 Å². The van der Waals surface area contributed by atoms with Crippen LogP contribution in [0, 0.1) is 0 Å². The van der Waals surface area contributed by atoms with E-state index in [9.17, 15) is 23.0 Å². The third-order valence-electron chi connectivity index (χ3n) is 4.11. The van der Waals surface area contributed by atoms with Gasteiger partial charge in [-0.05, 0) is 35.3 Å². The van der Waals surface area contributed by atoms with Crippen molar-refractivity contribution in [3.63, 3.8) is 0 Å². The number of pyridine rings is 1. The van der Waals surface area contributed by atoms with Crippen LogP contribution in [0.5, 0.6) is 0 Å². The van der Waals surface area contributed by atoms with E-state index in [0.717, 1.165) is 5.56 Å². The summed E-state index contributed by atoms with van der Waals surface area (Å²) in [4.78, 5) is 16.2. The molecule has 0 spiro atoms. The van der Waals surface area contributed by atoms with Crippen LogP contribution in [0.3, 0.4) is 0 Å². The van der Waals surface area contributed by atoms with Crippen LogP contribution >= 0.6 is 0 Å². The predicted octanol–water partition coefficient (Wildman–Crippen LogP) is 1.15. The first-order valence-corrected chi connectivity index (χ1v) is 8.02. The summed E-state index contributed by atoms with van der Waals surface area (Å²) in [6.07, 6.45) is -2.31. The number of alkyl halides is 3. The van der Waals surface area contributed by atoms with Gasteiger partial charge < -0.3 is 15.0 Å². The molecule has 0 atom stereocenters. The summed E-state index contributed by atoms with van der Waals surface area (Å²) in [6.45, 7) is 0.211. The molecule has 0 saturated carbocycles. The highest BCUT2D eigenvalue weighted by atomic mass is 19.4. The minimum Gasteiger partial charge on any atom is -0.423 e. The maximum atomic E-state index is 13.6. The maximum absolute atomic E-state index is 13.6. The van der Waals surface area contributed by atoms with Gasteiger partial charge in [-0.3, -0.25) is 9.78 Å². The van der Waals surface area contributed by atoms with Crippen molar-refractivity contribution in [3.05, 3.63) is 59.7 Å². The third-order valence-corrected chi connectivity index (χ3v) is 4.11. The Morgan fingerprint density at radius 3 is 2.86 bits per heavy atom. The quantitative estimate of drug-likeness (QED) is 0.652. The van der Waals surface area contributed by atoms with E-state index in [4.69, 9.17) is 4.65 Å². The number of fused-ring (bicyclic) bond motifs is 1. The normalized spacial score (nSPS) is 13.5. The van der Waals surface area contributed by atoms with Crippen LogP contribution in [-0.4, -0.2) is 38.0 Å². The number of anilines is 1. The number of aromatic nitrogens is 4. The Hall–Kier alpha value is -3.25. The summed E-state index contributed by atoms with van der Waals surface area (Å²) in [5.41, 5.74) is -0.829. The minimum atomic E-state index is -4.88. The molecular formula is C16H11BF3N5O3. The zero-order valence-electron chi connectivity index (χ0n) is 14.0. The van der Waals surface area contributed by atoms with E-state index in [0.29, 0.717) is 10.1 Å². The van der Waals surface area contributed by atoms with Gasteiger partial charge in [0.2, 0.25) is 0 Å². The van der Waals surface area contributed by atoms with Crippen LogP contribution in [0.2, 0.25) is 0 Å². The first-order valence-electron chi connectivity index (χ1n) is 8.02. The van der Waals surface area contributed by atoms with Crippen LogP contribution in [0.4, 0.5) is 18.9 Å². The van der Waals surface area contributed by atoms with Crippen LogP contribution in [0.1, 0.15) is 21.7 Å². The number of rotatable bonds is 3. The molecule has 0 radical (unpaired) electrons. The predicted molar refractivity (Wildman–Crippen MR) is 90.9 cm³/mol. The number of benzene rings is 1. The molecule has 2 aromatic heterocycles. The molecule has 8 nitrogen and oxygen atoms in total. The molecule has 2 N–H and O–H groups in total. The number of nitrogens with one attached hydrogen (secondary N) is 1. The first-order chi connectivity index (χ1) is 13.3. The fourth-order valence-electron chi connectivity index (χ4n) is 2.83. The summed E-state index contributed by atoms with van der Waals surface area (Å²) in [7, 11) is -1.15. The first kappa shape index (κ1) is 18.1. The molecule has 1 aliphatic heterocycles. The second-order valence-electron chi connectivity index (χ2n) is 5.94. The van der Waals surface area contributed by atoms with E-state index in [-0.39, 0.29) is 18.0 Å². The van der Waals surface area contributed by atoms with E-state index in [1.54, 1.807) is 6.07 Å². The summed E-state index contributed by atoms with van der Waals surface area (Å²) in [6, 6.07) is 7.34. The lowest BCUT2D eigenvalue weighted by Gasteiger charge is -2.11. The lowest BCUT2D eigenvalue weighted by molar-refractivity contribution is -0.143. The van der Waals surface area contributed by atoms with Gasteiger partial charge in [-0.2, -0.15) is 13.2 Å². The largest absolute Gasteiger partial charge is 0.491 e. The molecule has 0 unspecified atom stereocenters. The number of carbonyl (C=O) groups excluding carboxylic acids is 1. The number of hydrogen-bond acceptors (Lipinski definition) is 6. The van der Waals surface area contributed by atoms with Crippen LogP contribution < -0.4 is 10.8 Å². The summed E-state index contributed by atoms with van der Waals surface area (Å²) < 4.78 is 46.4. The van der Waals surface area contributed by atoms with Crippen molar-refractivity contribution in [2.45, 2.75) is 12.8 Å². The maximum Gasteiger partial charge on any atom is 0.491 e. The smallest absolute Gasteiger partial charge is 0.423 e. The molecule has 28 heavy (non-hydrogen) atoms. The second kappa shape index (κ2) is 6.73. The monoisotopic (exact) mass is 389 g/mol. The molecule has 1 aromatic carbocycles. The van der Waals surface area contributed by atoms with Crippen molar-refractivity contribution in [1.29, 1.82) is 0 Å². The standard InChI is InChI=1S/C16H11BF3N5O3/c18-16(19,20)14-13(23-24-25(14)11-2-1-5-21-7-11)15(26)22-10-4-3-9-8-28-17(27)12(9)6-10/h1-7,27H,8H2,(H,22,26). The molecule has 3 heterocycles. The number of amides is 1. The van der Waals surface area contributed by atoms with E-state index in [1.807, 2.05) is 0 Å². The van der Waals surface area contributed by atoms with Crippen molar-refractivity contribution >= 4 is 24.2 Å². The van der Waals surface area contributed by atoms with Crippen LogP contribution in [-0.2, 0) is 17.4 Å². The number of carbonyl (C=O) groups is 1. The van der Waals surface area contributed by atoms with Crippen molar-refractivity contribution in [2.75, 3.05) is 5.32 Å². The second-order valence-corrected chi connectivity index (χ2v) is 5.94. The van der Waals surface area contributed by atoms with E-state index < -0.39 is 30.6 Å². The molecular weight excluding hydrogens is 378 g/mol. The minimum absolute atomic E-state index is 0.0131. The number of nitrogens with zero attached hydrogens (tertiary/aromatic N) is 4. The molecule has 1 amide bonds. The van der Waals surface area contributed by atoms with Gasteiger partial charge >= 0.3 is 13.3 Å². The summed E-state index contributed by atoms with van der Waals surface area (Å²) in [5.74, 6) is -1.09. The summed E-state index contributed by atoms with van der Waals surface area (Å²) >= 11 is 0. The molecule has 12 heteroatoms. The highest BCUT2D eigenvalue weighted by molar-refractivity contribution is 6.61. The van der Waals surface area contributed by atoms with Gasteiger partial charge in [0, 0.05) is 11.9 Å². The number of halogens is 3. The zero-order valence-corrected chi connectivity index (χ0v) is 14.0. The molecule has 0 fully saturated rings. The van der Waals surface area contributed by atoms with Gasteiger partial charge in [0.15, 0.2) is 11.4 Å². The van der Waals surface area contributed by atoms with Gasteiger partial charge in [0.05, 0.1) is 18.5 Å². The van der Waals surface area contributed by atoms with Gasteiger partial charge in [-0.25, -0.2) is 4.68 Å². The highest BCUT2D eigenvalue weighted by Gasteiger charge is 2.42. The van der Waals surface area contributed by atoms with Gasteiger partial charge in [0.1, 0.15) is 0 Å². The Kier molecular flexibility index (Phi) is 4.36. The van der Waals surface area contributed by atoms with Crippen molar-refractivity contribution in [2.24, 2.45) is 0 Å². The average Bonchev–Trinajstić information content (AvgIpc) is 3.27. The van der Waals surface area contributed by atoms with Gasteiger partial charge in [-0.1, -0.05) is 11.3 Å². The third kappa shape index (κ3) is 3.23. The molecule has 1 aliphatic rings. The Balaban J connectivity index is 1.69. The molecule has 0 aliphatic carbocycles. The van der Waals surface area contributed by atoms with Crippen molar-refractivity contribution in [3.8, 4) is 5.69 Å². The average molecular weight is 389 g/mol. The Labute approximate surface area is 156 Å². The lowest BCUT2D eigenvalue weighted by atomic mass is 9.79. The molecule has 0 saturated heterocycles. The fraction of sp³-hybridized carbons (Fsp3) is 0.125. The highest BCUT2D eigenvalue weighted by Crippen LogP contribution is 2.33. The van der Waals surface area contributed by atoms with Crippen LogP contribution in [0.25, 0.3) is 5.69 Å². The fourth-order valence-corrected chi connectivity index (χ4v) is 2.83. The van der Waals surface area contributed by atoms with Crippen molar-refractivity contribution < 1.29 is 27.6 Å². The van der Waals surface area contributed by atoms with E-state index in [2.05, 4.69) is 20.6 Å². The number of hydrogen-bond donors (Lipinski definition) is 2. The molecule has 3 aromatic rings. The zero-order chi connectivity index (χ0) is 19.9. The molecule has 4 rings (SSSR count). The Morgan fingerprint density at radius 1 is 1.32 bits per heavy atom. The summed E-state index contributed by atoms with van der Waals surface area (Å²) in [5, 5.41) is 19.0. The Morgan fingerprint density at radius 2 is 2.14 bits per heavy atom. The topological polar surface area (TPSA) is 102 Å². The Bertz CT molecular complexity index is 1040.